The van der Waals surface area contributed by atoms with Crippen LogP contribution in [0.25, 0.3) is 0 Å². The lowest BCUT2D eigenvalue weighted by molar-refractivity contribution is -0.119. The number of methoxy groups -OCH3 is 1. The number of hydrogen-bond acceptors (Lipinski definition) is 5. The number of sulfonamides is 1. The lowest BCUT2D eigenvalue weighted by Crippen LogP contribution is -2.31. The van der Waals surface area contributed by atoms with E-state index in [-0.39, 0.29) is 23.4 Å². The Hall–Kier alpha value is -2.58. The molecule has 1 fully saturated rings. The Kier molecular flexibility index (Phi) is 7.11. The fourth-order valence-corrected chi connectivity index (χ4v) is 4.21. The number of hydrogen-bond donors (Lipinski definition) is 3. The van der Waals surface area contributed by atoms with Gasteiger partial charge in [-0.3, -0.25) is 4.79 Å². The summed E-state index contributed by atoms with van der Waals surface area (Å²) in [6.07, 6.45) is 3.48. The zero-order valence-electron chi connectivity index (χ0n) is 16.5. The summed E-state index contributed by atoms with van der Waals surface area (Å²) in [4.78, 5) is 12.3. The Morgan fingerprint density at radius 2 is 1.90 bits per heavy atom. The molecule has 1 saturated carbocycles. The molecule has 0 heterocycles. The molecule has 0 aliphatic heterocycles. The maximum Gasteiger partial charge on any atom is 0.240 e. The highest BCUT2D eigenvalue weighted by Gasteiger charge is 2.28. The summed E-state index contributed by atoms with van der Waals surface area (Å²) >= 11 is 0. The van der Waals surface area contributed by atoms with Gasteiger partial charge >= 0.3 is 0 Å². The third-order valence-corrected chi connectivity index (χ3v) is 6.15. The molecule has 0 spiro atoms. The number of nitrogens with one attached hydrogen (secondary N) is 3. The van der Waals surface area contributed by atoms with E-state index in [0.29, 0.717) is 18.0 Å². The number of carbonyl (C=O) groups is 1. The highest BCUT2D eigenvalue weighted by molar-refractivity contribution is 7.89. The van der Waals surface area contributed by atoms with E-state index in [2.05, 4.69) is 27.5 Å². The summed E-state index contributed by atoms with van der Waals surface area (Å²) in [5.41, 5.74) is 1.70. The van der Waals surface area contributed by atoms with Crippen molar-refractivity contribution in [2.24, 2.45) is 0 Å². The van der Waals surface area contributed by atoms with E-state index in [1.54, 1.807) is 6.07 Å². The summed E-state index contributed by atoms with van der Waals surface area (Å²) in [6.45, 7) is 0.605. The standard InChI is InChI=1S/C21H27N3O4S/c1-28-20-12-11-18(29(26,27)24-17-9-10-17)14-19(20)23-15-21(25)22-13-5-8-16-6-3-2-4-7-16/h2-4,6-7,11-12,14,17,23-24H,5,8-10,13,15H2,1H3,(H,22,25). The largest absolute Gasteiger partial charge is 0.495 e. The summed E-state index contributed by atoms with van der Waals surface area (Å²) in [5, 5.41) is 5.84. The van der Waals surface area contributed by atoms with Crippen LogP contribution in [0.15, 0.2) is 53.4 Å². The van der Waals surface area contributed by atoms with Gasteiger partial charge in [-0.1, -0.05) is 30.3 Å². The number of rotatable bonds is 11. The minimum absolute atomic E-state index is 0.0279. The Balaban J connectivity index is 1.50. The second-order valence-corrected chi connectivity index (χ2v) is 8.76. The van der Waals surface area contributed by atoms with E-state index >= 15 is 0 Å². The maximum atomic E-state index is 12.4. The van der Waals surface area contributed by atoms with Crippen LogP contribution in [0.5, 0.6) is 5.75 Å². The minimum atomic E-state index is -3.57. The van der Waals surface area contributed by atoms with Crippen molar-refractivity contribution in [2.75, 3.05) is 25.5 Å². The van der Waals surface area contributed by atoms with Gasteiger partial charge in [0.15, 0.2) is 0 Å². The van der Waals surface area contributed by atoms with Crippen molar-refractivity contribution in [1.29, 1.82) is 0 Å². The first-order valence-corrected chi connectivity index (χ1v) is 11.2. The molecule has 2 aromatic carbocycles. The first-order valence-electron chi connectivity index (χ1n) is 9.73. The first kappa shape index (κ1) is 21.1. The summed E-state index contributed by atoms with van der Waals surface area (Å²) < 4.78 is 32.7. The zero-order chi connectivity index (χ0) is 20.7. The van der Waals surface area contributed by atoms with Gasteiger partial charge in [-0.25, -0.2) is 13.1 Å². The van der Waals surface area contributed by atoms with Crippen molar-refractivity contribution in [3.05, 3.63) is 54.1 Å². The van der Waals surface area contributed by atoms with Gasteiger partial charge in [0.05, 0.1) is 24.2 Å². The number of anilines is 1. The van der Waals surface area contributed by atoms with Crippen LogP contribution in [0.1, 0.15) is 24.8 Å². The van der Waals surface area contributed by atoms with E-state index in [0.717, 1.165) is 25.7 Å². The average molecular weight is 418 g/mol. The van der Waals surface area contributed by atoms with E-state index in [1.165, 1.54) is 24.8 Å². The maximum absolute atomic E-state index is 12.4. The van der Waals surface area contributed by atoms with E-state index < -0.39 is 10.0 Å². The number of carbonyl (C=O) groups excluding carboxylic acids is 1. The molecule has 0 saturated heterocycles. The molecule has 0 bridgehead atoms. The number of ether oxygens (including phenoxy) is 1. The molecule has 3 rings (SSSR count). The molecule has 1 aliphatic rings. The van der Waals surface area contributed by atoms with Crippen molar-refractivity contribution in [3.63, 3.8) is 0 Å². The lowest BCUT2D eigenvalue weighted by Gasteiger charge is -2.13. The second kappa shape index (κ2) is 9.76. The zero-order valence-corrected chi connectivity index (χ0v) is 17.3. The lowest BCUT2D eigenvalue weighted by atomic mass is 10.1. The van der Waals surface area contributed by atoms with Crippen LogP contribution < -0.4 is 20.1 Å². The van der Waals surface area contributed by atoms with Crippen LogP contribution in [0.4, 0.5) is 5.69 Å². The molecule has 1 aliphatic carbocycles. The van der Waals surface area contributed by atoms with Crippen LogP contribution in [0.2, 0.25) is 0 Å². The van der Waals surface area contributed by atoms with Gasteiger partial charge in [0.25, 0.3) is 0 Å². The van der Waals surface area contributed by atoms with Gasteiger partial charge in [-0.05, 0) is 49.4 Å². The van der Waals surface area contributed by atoms with Gasteiger partial charge in [-0.15, -0.1) is 0 Å². The third-order valence-electron chi connectivity index (χ3n) is 4.63. The molecule has 2 aromatic rings. The Morgan fingerprint density at radius 3 is 2.59 bits per heavy atom. The minimum Gasteiger partial charge on any atom is -0.495 e. The number of amides is 1. The van der Waals surface area contributed by atoms with Crippen LogP contribution >= 0.6 is 0 Å². The van der Waals surface area contributed by atoms with Gasteiger partial charge < -0.3 is 15.4 Å². The summed E-state index contributed by atoms with van der Waals surface area (Å²) in [5.74, 6) is 0.316. The molecule has 1 amide bonds. The molecule has 7 nitrogen and oxygen atoms in total. The molecule has 0 radical (unpaired) electrons. The predicted molar refractivity (Wildman–Crippen MR) is 113 cm³/mol. The van der Waals surface area contributed by atoms with Crippen LogP contribution in [-0.4, -0.2) is 40.6 Å². The van der Waals surface area contributed by atoms with Gasteiger partial charge in [0.2, 0.25) is 15.9 Å². The molecule has 0 aromatic heterocycles. The van der Waals surface area contributed by atoms with E-state index in [9.17, 15) is 13.2 Å². The fraction of sp³-hybridized carbons (Fsp3) is 0.381. The predicted octanol–water partition coefficient (Wildman–Crippen LogP) is 2.30. The Labute approximate surface area is 171 Å². The SMILES string of the molecule is COc1ccc(S(=O)(=O)NC2CC2)cc1NCC(=O)NCCCc1ccccc1. The topological polar surface area (TPSA) is 96.5 Å². The molecule has 8 heteroatoms. The molecule has 0 unspecified atom stereocenters. The van der Waals surface area contributed by atoms with Gasteiger partial charge in [-0.2, -0.15) is 0 Å². The normalized spacial score (nSPS) is 13.7. The van der Waals surface area contributed by atoms with Crippen molar-refractivity contribution >= 4 is 21.6 Å². The van der Waals surface area contributed by atoms with Gasteiger partial charge in [0.1, 0.15) is 5.75 Å². The van der Waals surface area contributed by atoms with E-state index in [1.807, 2.05) is 18.2 Å². The van der Waals surface area contributed by atoms with Crippen LogP contribution in [0, 0.1) is 0 Å². The molecule has 0 atom stereocenters. The second-order valence-electron chi connectivity index (χ2n) is 7.05. The van der Waals surface area contributed by atoms with Crippen molar-refractivity contribution in [3.8, 4) is 5.75 Å². The first-order chi connectivity index (χ1) is 14.0. The smallest absolute Gasteiger partial charge is 0.240 e. The Bertz CT molecular complexity index is 928. The highest BCUT2D eigenvalue weighted by atomic mass is 32.2. The molecular formula is C21H27N3O4S. The van der Waals surface area contributed by atoms with Crippen LogP contribution in [-0.2, 0) is 21.2 Å². The molecule has 3 N–H and O–H groups in total. The molecular weight excluding hydrogens is 390 g/mol. The summed E-state index contributed by atoms with van der Waals surface area (Å²) in [7, 11) is -2.07. The number of aryl methyl sites for hydroxylation is 1. The molecule has 29 heavy (non-hydrogen) atoms. The van der Waals surface area contributed by atoms with Crippen molar-refractivity contribution in [1.82, 2.24) is 10.0 Å². The highest BCUT2D eigenvalue weighted by Crippen LogP contribution is 2.29. The van der Waals surface area contributed by atoms with Crippen LogP contribution in [0.3, 0.4) is 0 Å². The molecule has 156 valence electrons. The van der Waals surface area contributed by atoms with E-state index in [4.69, 9.17) is 4.74 Å². The fourth-order valence-electron chi connectivity index (χ4n) is 2.88. The van der Waals surface area contributed by atoms with Gasteiger partial charge in [0, 0.05) is 12.6 Å². The third kappa shape index (κ3) is 6.47. The monoisotopic (exact) mass is 417 g/mol. The van der Waals surface area contributed by atoms with Crippen molar-refractivity contribution < 1.29 is 17.9 Å². The quantitative estimate of drug-likeness (QED) is 0.488. The average Bonchev–Trinajstić information content (AvgIpc) is 3.53. The summed E-state index contributed by atoms with van der Waals surface area (Å²) in [6, 6.07) is 14.7. The number of benzene rings is 2. The van der Waals surface area contributed by atoms with Crippen molar-refractivity contribution in [2.45, 2.75) is 36.6 Å². The Morgan fingerprint density at radius 1 is 1.14 bits per heavy atom.